The van der Waals surface area contributed by atoms with Crippen LogP contribution in [0.15, 0.2) is 0 Å². The van der Waals surface area contributed by atoms with Crippen molar-refractivity contribution in [3.05, 3.63) is 0 Å². The maximum Gasteiger partial charge on any atom is 0.240 e. The van der Waals surface area contributed by atoms with Crippen LogP contribution in [0.1, 0.15) is 40.0 Å². The molecule has 16 heavy (non-hydrogen) atoms. The zero-order valence-corrected chi connectivity index (χ0v) is 10.5. The van der Waals surface area contributed by atoms with Crippen LogP contribution in [0, 0.1) is 5.92 Å². The second kappa shape index (κ2) is 5.64. The van der Waals surface area contributed by atoms with Crippen LogP contribution in [-0.2, 0) is 4.79 Å². The van der Waals surface area contributed by atoms with E-state index in [9.17, 15) is 9.90 Å². The number of carbonyl (C=O) groups is 1. The van der Waals surface area contributed by atoms with E-state index in [2.05, 4.69) is 10.6 Å². The first kappa shape index (κ1) is 13.5. The predicted molar refractivity (Wildman–Crippen MR) is 64.1 cm³/mol. The van der Waals surface area contributed by atoms with Crippen molar-refractivity contribution in [2.45, 2.75) is 51.6 Å². The molecule has 1 heterocycles. The zero-order chi connectivity index (χ0) is 12.2. The number of nitrogens with one attached hydrogen (secondary N) is 2. The molecular weight excluding hydrogens is 204 g/mol. The quantitative estimate of drug-likeness (QED) is 0.647. The van der Waals surface area contributed by atoms with E-state index in [1.165, 1.54) is 0 Å². The van der Waals surface area contributed by atoms with Gasteiger partial charge < -0.3 is 15.7 Å². The van der Waals surface area contributed by atoms with Gasteiger partial charge >= 0.3 is 0 Å². The Hall–Kier alpha value is -0.610. The summed E-state index contributed by atoms with van der Waals surface area (Å²) in [4.78, 5) is 12.2. The number of carbonyl (C=O) groups excluding carboxylic acids is 1. The van der Waals surface area contributed by atoms with Crippen molar-refractivity contribution in [1.29, 1.82) is 0 Å². The lowest BCUT2D eigenvalue weighted by atomic mass is 9.92. The van der Waals surface area contributed by atoms with Crippen LogP contribution in [0.2, 0.25) is 0 Å². The van der Waals surface area contributed by atoms with Crippen LogP contribution >= 0.6 is 0 Å². The topological polar surface area (TPSA) is 61.4 Å². The molecule has 4 heteroatoms. The van der Waals surface area contributed by atoms with Crippen molar-refractivity contribution in [3.8, 4) is 0 Å². The first-order chi connectivity index (χ1) is 7.55. The highest BCUT2D eigenvalue weighted by Crippen LogP contribution is 2.23. The molecule has 1 aliphatic heterocycles. The van der Waals surface area contributed by atoms with E-state index in [0.717, 1.165) is 25.8 Å². The zero-order valence-electron chi connectivity index (χ0n) is 10.5. The molecule has 2 atom stereocenters. The minimum atomic E-state index is -0.400. The molecule has 0 aromatic carbocycles. The summed E-state index contributed by atoms with van der Waals surface area (Å²) in [6.45, 7) is 6.95. The van der Waals surface area contributed by atoms with Crippen LogP contribution in [0.4, 0.5) is 0 Å². The first-order valence-electron chi connectivity index (χ1n) is 6.22. The summed E-state index contributed by atoms with van der Waals surface area (Å²) in [5.41, 5.74) is -0.400. The monoisotopic (exact) mass is 228 g/mol. The summed E-state index contributed by atoms with van der Waals surface area (Å²) in [5, 5.41) is 15.5. The van der Waals surface area contributed by atoms with Gasteiger partial charge in [-0.05, 0) is 31.7 Å². The Kier molecular flexibility index (Phi) is 4.74. The largest absolute Gasteiger partial charge is 0.394 e. The fourth-order valence-electron chi connectivity index (χ4n) is 2.19. The van der Waals surface area contributed by atoms with Gasteiger partial charge in [0.2, 0.25) is 5.91 Å². The Bertz CT molecular complexity index is 235. The lowest BCUT2D eigenvalue weighted by Crippen LogP contribution is -2.56. The molecule has 0 aromatic rings. The Morgan fingerprint density at radius 1 is 1.56 bits per heavy atom. The minimum Gasteiger partial charge on any atom is -0.394 e. The molecule has 94 valence electrons. The van der Waals surface area contributed by atoms with Gasteiger partial charge in [0, 0.05) is 0 Å². The smallest absolute Gasteiger partial charge is 0.240 e. The number of hydrogen-bond donors (Lipinski definition) is 3. The maximum atomic E-state index is 12.2. The molecule has 1 aliphatic rings. The van der Waals surface area contributed by atoms with E-state index in [4.69, 9.17) is 0 Å². The van der Waals surface area contributed by atoms with Gasteiger partial charge in [-0.1, -0.05) is 20.8 Å². The van der Waals surface area contributed by atoms with E-state index in [1.54, 1.807) is 0 Å². The van der Waals surface area contributed by atoms with Crippen LogP contribution in [-0.4, -0.2) is 35.7 Å². The standard InChI is InChI=1S/C12H24N2O2/c1-4-12(6-5-7-13-12)11(16)14-10(8-15)9(2)3/h9-10,13,15H,4-8H2,1-3H3,(H,14,16)/t10-,12?/m1/s1. The van der Waals surface area contributed by atoms with Crippen LogP contribution in [0.5, 0.6) is 0 Å². The molecule has 3 N–H and O–H groups in total. The molecule has 1 saturated heterocycles. The number of aliphatic hydroxyl groups is 1. The molecule has 0 spiro atoms. The van der Waals surface area contributed by atoms with Crippen LogP contribution < -0.4 is 10.6 Å². The normalized spacial score (nSPS) is 27.1. The molecule has 1 amide bonds. The molecule has 1 fully saturated rings. The van der Waals surface area contributed by atoms with Gasteiger partial charge in [0.25, 0.3) is 0 Å². The second-order valence-corrected chi connectivity index (χ2v) is 4.97. The number of hydrogen-bond acceptors (Lipinski definition) is 3. The molecule has 0 aromatic heterocycles. The van der Waals surface area contributed by atoms with E-state index < -0.39 is 5.54 Å². The summed E-state index contributed by atoms with van der Waals surface area (Å²) in [6, 6.07) is -0.140. The van der Waals surface area contributed by atoms with Gasteiger partial charge in [-0.3, -0.25) is 4.79 Å². The summed E-state index contributed by atoms with van der Waals surface area (Å²) < 4.78 is 0. The Balaban J connectivity index is 2.62. The van der Waals surface area contributed by atoms with Gasteiger partial charge in [0.15, 0.2) is 0 Å². The highest BCUT2D eigenvalue weighted by Gasteiger charge is 2.39. The van der Waals surface area contributed by atoms with Crippen molar-refractivity contribution in [2.75, 3.05) is 13.2 Å². The van der Waals surface area contributed by atoms with Gasteiger partial charge in [0.1, 0.15) is 0 Å². The highest BCUT2D eigenvalue weighted by atomic mass is 16.3. The molecule has 0 saturated carbocycles. The van der Waals surface area contributed by atoms with E-state index in [-0.39, 0.29) is 24.5 Å². The summed E-state index contributed by atoms with van der Waals surface area (Å²) >= 11 is 0. The number of amides is 1. The van der Waals surface area contributed by atoms with Crippen LogP contribution in [0.3, 0.4) is 0 Å². The third-order valence-electron chi connectivity index (χ3n) is 3.60. The highest BCUT2D eigenvalue weighted by molar-refractivity contribution is 5.86. The van der Waals surface area contributed by atoms with Gasteiger partial charge in [-0.2, -0.15) is 0 Å². The fraction of sp³-hybridized carbons (Fsp3) is 0.917. The van der Waals surface area contributed by atoms with E-state index >= 15 is 0 Å². The summed E-state index contributed by atoms with van der Waals surface area (Å²) in [7, 11) is 0. The predicted octanol–water partition coefficient (Wildman–Crippen LogP) is 0.652. The van der Waals surface area contributed by atoms with Crippen molar-refractivity contribution in [1.82, 2.24) is 10.6 Å². The van der Waals surface area contributed by atoms with E-state index in [0.29, 0.717) is 0 Å². The molecular formula is C12H24N2O2. The summed E-state index contributed by atoms with van der Waals surface area (Å²) in [5.74, 6) is 0.296. The lowest BCUT2D eigenvalue weighted by molar-refractivity contribution is -0.128. The minimum absolute atomic E-state index is 0.00318. The van der Waals surface area contributed by atoms with Crippen LogP contribution in [0.25, 0.3) is 0 Å². The van der Waals surface area contributed by atoms with Crippen molar-refractivity contribution in [2.24, 2.45) is 5.92 Å². The maximum absolute atomic E-state index is 12.2. The van der Waals surface area contributed by atoms with Crippen molar-refractivity contribution >= 4 is 5.91 Å². The molecule has 1 rings (SSSR count). The Morgan fingerprint density at radius 2 is 2.25 bits per heavy atom. The fourth-order valence-corrected chi connectivity index (χ4v) is 2.19. The average molecular weight is 228 g/mol. The molecule has 0 aliphatic carbocycles. The number of rotatable bonds is 5. The molecule has 4 nitrogen and oxygen atoms in total. The Morgan fingerprint density at radius 3 is 2.62 bits per heavy atom. The molecule has 0 bridgehead atoms. The summed E-state index contributed by atoms with van der Waals surface area (Å²) in [6.07, 6.45) is 2.74. The molecule has 0 radical (unpaired) electrons. The van der Waals surface area contributed by atoms with Crippen molar-refractivity contribution in [3.63, 3.8) is 0 Å². The van der Waals surface area contributed by atoms with Gasteiger partial charge in [-0.15, -0.1) is 0 Å². The van der Waals surface area contributed by atoms with Gasteiger partial charge in [-0.25, -0.2) is 0 Å². The SMILES string of the molecule is CCC1(C(=O)N[C@H](CO)C(C)C)CCCN1. The first-order valence-corrected chi connectivity index (χ1v) is 6.22. The molecule has 1 unspecified atom stereocenters. The lowest BCUT2D eigenvalue weighted by Gasteiger charge is -2.30. The number of aliphatic hydroxyl groups excluding tert-OH is 1. The second-order valence-electron chi connectivity index (χ2n) is 4.97. The van der Waals surface area contributed by atoms with E-state index in [1.807, 2.05) is 20.8 Å². The van der Waals surface area contributed by atoms with Crippen molar-refractivity contribution < 1.29 is 9.90 Å². The van der Waals surface area contributed by atoms with Gasteiger partial charge in [0.05, 0.1) is 18.2 Å². The third kappa shape index (κ3) is 2.74. The third-order valence-corrected chi connectivity index (χ3v) is 3.60. The average Bonchev–Trinajstić information content (AvgIpc) is 2.74. The Labute approximate surface area is 97.8 Å².